The van der Waals surface area contributed by atoms with Crippen molar-refractivity contribution in [1.82, 2.24) is 15.0 Å². The highest BCUT2D eigenvalue weighted by atomic mass is 16.5. The molecule has 0 aliphatic carbocycles. The van der Waals surface area contributed by atoms with Crippen LogP contribution in [0.2, 0.25) is 0 Å². The number of hydrogen-bond donors (Lipinski definition) is 0. The van der Waals surface area contributed by atoms with E-state index >= 15 is 0 Å². The molecule has 3 heterocycles. The highest BCUT2D eigenvalue weighted by Crippen LogP contribution is 2.32. The van der Waals surface area contributed by atoms with Crippen molar-refractivity contribution in [3.63, 3.8) is 0 Å². The van der Waals surface area contributed by atoms with E-state index in [-0.39, 0.29) is 0 Å². The van der Waals surface area contributed by atoms with Gasteiger partial charge in [-0.1, -0.05) is 48.0 Å². The van der Waals surface area contributed by atoms with Crippen molar-refractivity contribution in [3.05, 3.63) is 60.2 Å². The molecule has 4 aromatic rings. The summed E-state index contributed by atoms with van der Waals surface area (Å²) in [6, 6.07) is 18.1. The molecule has 6 nitrogen and oxygen atoms in total. The van der Waals surface area contributed by atoms with Crippen molar-refractivity contribution < 1.29 is 9.15 Å². The highest BCUT2D eigenvalue weighted by molar-refractivity contribution is 5.85. The SMILES string of the molecule is Cc1ccc(-c2nc3nc(-c4ccccc4)nc(N4CCOCC4)c3o2)cc1. The van der Waals surface area contributed by atoms with E-state index in [0.717, 1.165) is 30.0 Å². The van der Waals surface area contributed by atoms with Gasteiger partial charge in [-0.05, 0) is 19.1 Å². The third-order valence-corrected chi connectivity index (χ3v) is 4.88. The predicted molar refractivity (Wildman–Crippen MR) is 108 cm³/mol. The van der Waals surface area contributed by atoms with Gasteiger partial charge in [0.1, 0.15) is 0 Å². The summed E-state index contributed by atoms with van der Waals surface area (Å²) in [5.41, 5.74) is 4.28. The second kappa shape index (κ2) is 7.05. The van der Waals surface area contributed by atoms with Crippen molar-refractivity contribution >= 4 is 17.0 Å². The number of oxazole rings is 1. The summed E-state index contributed by atoms with van der Waals surface area (Å²) < 4.78 is 11.7. The first-order valence-corrected chi connectivity index (χ1v) is 9.42. The van der Waals surface area contributed by atoms with Gasteiger partial charge in [0.05, 0.1) is 13.2 Å². The molecule has 2 aromatic heterocycles. The number of nitrogens with zero attached hydrogens (tertiary/aromatic N) is 4. The third-order valence-electron chi connectivity index (χ3n) is 4.88. The van der Waals surface area contributed by atoms with Crippen LogP contribution < -0.4 is 4.90 Å². The van der Waals surface area contributed by atoms with E-state index in [1.807, 2.05) is 54.6 Å². The first-order chi connectivity index (χ1) is 13.8. The van der Waals surface area contributed by atoms with Gasteiger partial charge in [-0.25, -0.2) is 9.97 Å². The average molecular weight is 372 g/mol. The number of rotatable bonds is 3. The minimum Gasteiger partial charge on any atom is -0.430 e. The fourth-order valence-electron chi connectivity index (χ4n) is 3.34. The molecule has 0 N–H and O–H groups in total. The fraction of sp³-hybridized carbons (Fsp3) is 0.227. The Bertz CT molecular complexity index is 1100. The van der Waals surface area contributed by atoms with Gasteiger partial charge in [0.2, 0.25) is 17.1 Å². The summed E-state index contributed by atoms with van der Waals surface area (Å²) in [6.45, 7) is 4.93. The molecule has 0 spiro atoms. The predicted octanol–water partition coefficient (Wildman–Crippen LogP) is 4.10. The van der Waals surface area contributed by atoms with Crippen molar-refractivity contribution in [3.8, 4) is 22.8 Å². The molecule has 0 amide bonds. The van der Waals surface area contributed by atoms with Gasteiger partial charge in [0, 0.05) is 24.2 Å². The standard InChI is InChI=1S/C22H20N4O2/c1-15-7-9-17(10-8-15)22-25-20-18(28-22)21(26-11-13-27-14-12-26)24-19(23-20)16-5-3-2-4-6-16/h2-10H,11-14H2,1H3. The molecule has 0 atom stereocenters. The zero-order valence-corrected chi connectivity index (χ0v) is 15.6. The zero-order chi connectivity index (χ0) is 18.9. The summed E-state index contributed by atoms with van der Waals surface area (Å²) >= 11 is 0. The maximum absolute atomic E-state index is 6.15. The second-order valence-corrected chi connectivity index (χ2v) is 6.87. The minimum atomic E-state index is 0.559. The smallest absolute Gasteiger partial charge is 0.229 e. The van der Waals surface area contributed by atoms with Gasteiger partial charge in [0.25, 0.3) is 0 Å². The van der Waals surface area contributed by atoms with Crippen molar-refractivity contribution in [2.75, 3.05) is 31.2 Å². The van der Waals surface area contributed by atoms with Crippen molar-refractivity contribution in [2.45, 2.75) is 6.92 Å². The molecular weight excluding hydrogens is 352 g/mol. The third kappa shape index (κ3) is 3.12. The molecule has 1 aliphatic rings. The number of benzene rings is 2. The molecule has 0 bridgehead atoms. The molecular formula is C22H20N4O2. The van der Waals surface area contributed by atoms with E-state index in [0.29, 0.717) is 36.2 Å². The first kappa shape index (κ1) is 16.9. The summed E-state index contributed by atoms with van der Waals surface area (Å²) in [4.78, 5) is 16.4. The number of ether oxygens (including phenoxy) is 1. The largest absolute Gasteiger partial charge is 0.430 e. The molecule has 1 saturated heterocycles. The minimum absolute atomic E-state index is 0.559. The lowest BCUT2D eigenvalue weighted by Gasteiger charge is -2.27. The van der Waals surface area contributed by atoms with Gasteiger partial charge in [-0.2, -0.15) is 4.98 Å². The molecule has 2 aromatic carbocycles. The second-order valence-electron chi connectivity index (χ2n) is 6.87. The van der Waals surface area contributed by atoms with Crippen LogP contribution in [0.15, 0.2) is 59.0 Å². The Morgan fingerprint density at radius 2 is 1.57 bits per heavy atom. The Kier molecular flexibility index (Phi) is 4.25. The summed E-state index contributed by atoms with van der Waals surface area (Å²) in [6.07, 6.45) is 0. The van der Waals surface area contributed by atoms with E-state index in [1.54, 1.807) is 0 Å². The monoisotopic (exact) mass is 372 g/mol. The molecule has 0 radical (unpaired) electrons. The van der Waals surface area contributed by atoms with Crippen LogP contribution in [0.4, 0.5) is 5.82 Å². The van der Waals surface area contributed by atoms with Crippen molar-refractivity contribution in [2.24, 2.45) is 0 Å². The Morgan fingerprint density at radius 1 is 0.821 bits per heavy atom. The van der Waals surface area contributed by atoms with E-state index in [4.69, 9.17) is 19.1 Å². The molecule has 1 aliphatic heterocycles. The Labute approximate surface area is 162 Å². The summed E-state index contributed by atoms with van der Waals surface area (Å²) in [7, 11) is 0. The highest BCUT2D eigenvalue weighted by Gasteiger charge is 2.22. The lowest BCUT2D eigenvalue weighted by molar-refractivity contribution is 0.122. The fourth-order valence-corrected chi connectivity index (χ4v) is 3.34. The van der Waals surface area contributed by atoms with Gasteiger partial charge < -0.3 is 14.1 Å². The lowest BCUT2D eigenvalue weighted by atomic mass is 10.1. The number of anilines is 1. The molecule has 6 heteroatoms. The van der Waals surface area contributed by atoms with Crippen LogP contribution >= 0.6 is 0 Å². The molecule has 5 rings (SSSR count). The van der Waals surface area contributed by atoms with Crippen LogP contribution in [-0.2, 0) is 4.74 Å². The quantitative estimate of drug-likeness (QED) is 0.540. The molecule has 28 heavy (non-hydrogen) atoms. The van der Waals surface area contributed by atoms with Crippen LogP contribution in [-0.4, -0.2) is 41.3 Å². The van der Waals surface area contributed by atoms with Gasteiger partial charge in [-0.15, -0.1) is 0 Å². The van der Waals surface area contributed by atoms with Crippen LogP contribution in [0.1, 0.15) is 5.56 Å². The number of hydrogen-bond acceptors (Lipinski definition) is 6. The summed E-state index contributed by atoms with van der Waals surface area (Å²) in [5, 5.41) is 0. The molecule has 140 valence electrons. The van der Waals surface area contributed by atoms with Gasteiger partial charge in [-0.3, -0.25) is 0 Å². The Balaban J connectivity index is 1.68. The molecule has 1 fully saturated rings. The zero-order valence-electron chi connectivity index (χ0n) is 15.6. The van der Waals surface area contributed by atoms with E-state index in [1.165, 1.54) is 5.56 Å². The van der Waals surface area contributed by atoms with E-state index in [9.17, 15) is 0 Å². The first-order valence-electron chi connectivity index (χ1n) is 9.42. The Morgan fingerprint density at radius 3 is 2.32 bits per heavy atom. The number of aryl methyl sites for hydroxylation is 1. The van der Waals surface area contributed by atoms with Crippen LogP contribution in [0.3, 0.4) is 0 Å². The maximum Gasteiger partial charge on any atom is 0.229 e. The summed E-state index contributed by atoms with van der Waals surface area (Å²) in [5.74, 6) is 1.99. The van der Waals surface area contributed by atoms with Crippen LogP contribution in [0.5, 0.6) is 0 Å². The number of aromatic nitrogens is 3. The molecule has 0 unspecified atom stereocenters. The Hall–Kier alpha value is -3.25. The van der Waals surface area contributed by atoms with Gasteiger partial charge in [0.15, 0.2) is 11.6 Å². The lowest BCUT2D eigenvalue weighted by Crippen LogP contribution is -2.37. The van der Waals surface area contributed by atoms with Crippen molar-refractivity contribution in [1.29, 1.82) is 0 Å². The van der Waals surface area contributed by atoms with Gasteiger partial charge >= 0.3 is 0 Å². The normalized spacial score (nSPS) is 14.5. The van der Waals surface area contributed by atoms with Crippen LogP contribution in [0.25, 0.3) is 34.1 Å². The van der Waals surface area contributed by atoms with E-state index in [2.05, 4.69) is 16.8 Å². The average Bonchev–Trinajstić information content (AvgIpc) is 3.19. The van der Waals surface area contributed by atoms with Crippen LogP contribution in [0, 0.1) is 6.92 Å². The molecule has 0 saturated carbocycles. The van der Waals surface area contributed by atoms with E-state index < -0.39 is 0 Å². The topological polar surface area (TPSA) is 64.3 Å². The number of morpholine rings is 1. The number of fused-ring (bicyclic) bond motifs is 1. The maximum atomic E-state index is 6.15.